The van der Waals surface area contributed by atoms with Crippen molar-refractivity contribution in [2.24, 2.45) is 17.3 Å². The van der Waals surface area contributed by atoms with Crippen molar-refractivity contribution in [2.75, 3.05) is 5.32 Å². The molecule has 3 rings (SSSR count). The summed E-state index contributed by atoms with van der Waals surface area (Å²) in [7, 11) is 0. The van der Waals surface area contributed by atoms with Crippen LogP contribution in [-0.4, -0.2) is 5.91 Å². The number of hydrogen-bond donors (Lipinski definition) is 1. The molecule has 3 nitrogen and oxygen atoms in total. The van der Waals surface area contributed by atoms with Crippen molar-refractivity contribution in [2.45, 2.75) is 65.7 Å². The summed E-state index contributed by atoms with van der Waals surface area (Å²) in [6.45, 7) is 6.89. The molecule has 2 aliphatic carbocycles. The zero-order valence-corrected chi connectivity index (χ0v) is 15.2. The summed E-state index contributed by atoms with van der Waals surface area (Å²) in [6.07, 6.45) is 7.43. The van der Waals surface area contributed by atoms with Gasteiger partial charge in [0.2, 0.25) is 5.91 Å². The highest BCUT2D eigenvalue weighted by molar-refractivity contribution is 7.16. The number of rotatable bonds is 2. The minimum atomic E-state index is 0.116. The van der Waals surface area contributed by atoms with Gasteiger partial charge in [-0.25, -0.2) is 0 Å². The fourth-order valence-electron chi connectivity index (χ4n) is 3.93. The van der Waals surface area contributed by atoms with Gasteiger partial charge >= 0.3 is 0 Å². The lowest BCUT2D eigenvalue weighted by molar-refractivity contribution is -0.119. The Morgan fingerprint density at radius 2 is 1.96 bits per heavy atom. The molecule has 1 atom stereocenters. The molecule has 124 valence electrons. The van der Waals surface area contributed by atoms with Crippen LogP contribution in [0.4, 0.5) is 5.00 Å². The Morgan fingerprint density at radius 3 is 2.57 bits per heavy atom. The van der Waals surface area contributed by atoms with E-state index in [2.05, 4.69) is 32.2 Å². The van der Waals surface area contributed by atoms with E-state index in [1.165, 1.54) is 10.4 Å². The monoisotopic (exact) mass is 330 g/mol. The van der Waals surface area contributed by atoms with E-state index in [1.807, 2.05) is 0 Å². The third kappa shape index (κ3) is 3.30. The van der Waals surface area contributed by atoms with Crippen LogP contribution in [0.5, 0.6) is 0 Å². The van der Waals surface area contributed by atoms with Crippen LogP contribution in [0, 0.1) is 28.6 Å². The molecule has 0 saturated heterocycles. The van der Waals surface area contributed by atoms with E-state index in [1.54, 1.807) is 11.3 Å². The molecule has 1 saturated carbocycles. The van der Waals surface area contributed by atoms with Gasteiger partial charge < -0.3 is 5.32 Å². The van der Waals surface area contributed by atoms with E-state index in [0.29, 0.717) is 11.3 Å². The second-order valence-electron chi connectivity index (χ2n) is 8.10. The number of nitrogens with zero attached hydrogens (tertiary/aromatic N) is 1. The van der Waals surface area contributed by atoms with E-state index in [4.69, 9.17) is 0 Å². The van der Waals surface area contributed by atoms with Crippen LogP contribution in [0.15, 0.2) is 0 Å². The van der Waals surface area contributed by atoms with Crippen LogP contribution in [-0.2, 0) is 17.6 Å². The number of thiophene rings is 1. The van der Waals surface area contributed by atoms with E-state index >= 15 is 0 Å². The molecular weight excluding hydrogens is 304 g/mol. The van der Waals surface area contributed by atoms with Crippen molar-refractivity contribution in [3.63, 3.8) is 0 Å². The molecule has 0 aliphatic heterocycles. The zero-order valence-electron chi connectivity index (χ0n) is 14.4. The molecule has 1 fully saturated rings. The summed E-state index contributed by atoms with van der Waals surface area (Å²) in [5, 5.41) is 13.4. The van der Waals surface area contributed by atoms with E-state index in [0.717, 1.165) is 55.5 Å². The van der Waals surface area contributed by atoms with Crippen molar-refractivity contribution in [1.82, 2.24) is 0 Å². The standard InChI is InChI=1S/C19H26N2OS/c1-19(2,3)13-8-9-14-15(11-20)18(23-16(14)10-13)21-17(22)12-6-4-5-7-12/h12-13H,4-10H2,1-3H3,(H,21,22)/t13-/m0/s1. The third-order valence-electron chi connectivity index (χ3n) is 5.56. The smallest absolute Gasteiger partial charge is 0.228 e. The molecule has 0 unspecified atom stereocenters. The molecule has 0 aromatic carbocycles. The molecule has 1 aromatic rings. The van der Waals surface area contributed by atoms with Gasteiger partial charge in [0.15, 0.2) is 0 Å². The van der Waals surface area contributed by atoms with Crippen molar-refractivity contribution in [1.29, 1.82) is 5.26 Å². The van der Waals surface area contributed by atoms with Crippen molar-refractivity contribution in [3.05, 3.63) is 16.0 Å². The topological polar surface area (TPSA) is 52.9 Å². The molecule has 1 amide bonds. The largest absolute Gasteiger partial charge is 0.316 e. The predicted molar refractivity (Wildman–Crippen MR) is 94.6 cm³/mol. The lowest BCUT2D eigenvalue weighted by atomic mass is 9.72. The van der Waals surface area contributed by atoms with Crippen molar-refractivity contribution in [3.8, 4) is 6.07 Å². The Bertz CT molecular complexity index is 642. The average molecular weight is 330 g/mol. The summed E-state index contributed by atoms with van der Waals surface area (Å²) >= 11 is 1.64. The Kier molecular flexibility index (Phi) is 4.51. The normalized spacial score (nSPS) is 21.7. The van der Waals surface area contributed by atoms with Crippen molar-refractivity contribution >= 4 is 22.2 Å². The number of nitriles is 1. The highest BCUT2D eigenvalue weighted by Gasteiger charge is 2.33. The second kappa shape index (κ2) is 6.28. The summed E-state index contributed by atoms with van der Waals surface area (Å²) in [6, 6.07) is 2.35. The number of anilines is 1. The van der Waals surface area contributed by atoms with Gasteiger partial charge in [-0.1, -0.05) is 33.6 Å². The van der Waals surface area contributed by atoms with Crippen LogP contribution in [0.25, 0.3) is 0 Å². The minimum absolute atomic E-state index is 0.116. The summed E-state index contributed by atoms with van der Waals surface area (Å²) in [4.78, 5) is 13.7. The van der Waals surface area contributed by atoms with E-state index in [9.17, 15) is 10.1 Å². The molecule has 0 spiro atoms. The minimum Gasteiger partial charge on any atom is -0.316 e. The predicted octanol–water partition coefficient (Wildman–Crippen LogP) is 4.90. The van der Waals surface area contributed by atoms with Crippen LogP contribution in [0.1, 0.15) is 68.9 Å². The average Bonchev–Trinajstić information content (AvgIpc) is 3.12. The number of carbonyl (C=O) groups is 1. The maximum Gasteiger partial charge on any atom is 0.228 e. The highest BCUT2D eigenvalue weighted by atomic mass is 32.1. The quantitative estimate of drug-likeness (QED) is 0.838. The first kappa shape index (κ1) is 16.5. The Hall–Kier alpha value is -1.34. The zero-order chi connectivity index (χ0) is 16.6. The van der Waals surface area contributed by atoms with Crippen LogP contribution < -0.4 is 5.32 Å². The maximum atomic E-state index is 12.4. The lowest BCUT2D eigenvalue weighted by Crippen LogP contribution is -2.26. The van der Waals surface area contributed by atoms with Gasteiger partial charge in [0.25, 0.3) is 0 Å². The number of nitrogens with one attached hydrogen (secondary N) is 1. The molecular formula is C19H26N2OS. The third-order valence-corrected chi connectivity index (χ3v) is 6.73. The Balaban J connectivity index is 1.82. The van der Waals surface area contributed by atoms with Crippen molar-refractivity contribution < 1.29 is 4.79 Å². The molecule has 4 heteroatoms. The van der Waals surface area contributed by atoms with Gasteiger partial charge in [-0.05, 0) is 49.0 Å². The number of fused-ring (bicyclic) bond motifs is 1. The number of hydrogen-bond acceptors (Lipinski definition) is 3. The molecule has 23 heavy (non-hydrogen) atoms. The van der Waals surface area contributed by atoms with Gasteiger partial charge in [-0.2, -0.15) is 5.26 Å². The maximum absolute atomic E-state index is 12.4. The fraction of sp³-hybridized carbons (Fsp3) is 0.684. The lowest BCUT2D eigenvalue weighted by Gasteiger charge is -2.33. The molecule has 0 bridgehead atoms. The van der Waals surface area contributed by atoms with E-state index < -0.39 is 0 Å². The van der Waals surface area contributed by atoms with Gasteiger partial charge in [0, 0.05) is 10.8 Å². The first-order valence-electron chi connectivity index (χ1n) is 8.75. The van der Waals surface area contributed by atoms with Crippen LogP contribution in [0.3, 0.4) is 0 Å². The number of amides is 1. The van der Waals surface area contributed by atoms with Gasteiger partial charge in [-0.3, -0.25) is 4.79 Å². The second-order valence-corrected chi connectivity index (χ2v) is 9.20. The van der Waals surface area contributed by atoms with E-state index in [-0.39, 0.29) is 11.8 Å². The fourth-order valence-corrected chi connectivity index (χ4v) is 5.21. The summed E-state index contributed by atoms with van der Waals surface area (Å²) in [5.74, 6) is 0.909. The van der Waals surface area contributed by atoms with Gasteiger partial charge in [0.1, 0.15) is 11.1 Å². The molecule has 1 aromatic heterocycles. The Morgan fingerprint density at radius 1 is 1.26 bits per heavy atom. The summed E-state index contributed by atoms with van der Waals surface area (Å²) in [5.41, 5.74) is 2.21. The SMILES string of the molecule is CC(C)(C)[C@H]1CCc2c(sc(NC(=O)C3CCCC3)c2C#N)C1. The molecule has 0 radical (unpaired) electrons. The number of carbonyl (C=O) groups excluding carboxylic acids is 1. The highest BCUT2D eigenvalue weighted by Crippen LogP contribution is 2.44. The molecule has 1 N–H and O–H groups in total. The first-order valence-corrected chi connectivity index (χ1v) is 9.57. The van der Waals surface area contributed by atoms with Gasteiger partial charge in [-0.15, -0.1) is 11.3 Å². The van der Waals surface area contributed by atoms with Gasteiger partial charge in [0.05, 0.1) is 5.56 Å². The first-order chi connectivity index (χ1) is 10.9. The molecule has 1 heterocycles. The van der Waals surface area contributed by atoms with Crippen LogP contribution >= 0.6 is 11.3 Å². The molecule has 2 aliphatic rings. The van der Waals surface area contributed by atoms with Crippen LogP contribution in [0.2, 0.25) is 0 Å². The Labute approximate surface area is 143 Å². The summed E-state index contributed by atoms with van der Waals surface area (Å²) < 4.78 is 0.